The molecule has 68 valence electrons. The van der Waals surface area contributed by atoms with E-state index in [1.54, 1.807) is 0 Å². The van der Waals surface area contributed by atoms with Crippen LogP contribution in [0.1, 0.15) is 32.1 Å². The Hall–Kier alpha value is -0.240. The number of carboxylic acid groups (broad SMARTS) is 1. The standard InChI is InChI=1S/C9H13ClO2/c10-9(8(11)12)4-7(5-9)6-2-1-3-6/h6-7H,1-5H2,(H,11,12). The van der Waals surface area contributed by atoms with E-state index in [4.69, 9.17) is 16.7 Å². The average Bonchev–Trinajstić information content (AvgIpc) is 1.79. The zero-order chi connectivity index (χ0) is 8.77. The summed E-state index contributed by atoms with van der Waals surface area (Å²) in [5.74, 6) is 0.559. The van der Waals surface area contributed by atoms with Gasteiger partial charge in [0.05, 0.1) is 0 Å². The van der Waals surface area contributed by atoms with Crippen LogP contribution in [0.15, 0.2) is 0 Å². The minimum atomic E-state index is -0.903. The zero-order valence-electron chi connectivity index (χ0n) is 6.92. The Morgan fingerprint density at radius 1 is 1.33 bits per heavy atom. The Labute approximate surface area is 76.9 Å². The van der Waals surface area contributed by atoms with Crippen LogP contribution < -0.4 is 0 Å². The van der Waals surface area contributed by atoms with Crippen molar-refractivity contribution in [3.05, 3.63) is 0 Å². The Bertz CT molecular complexity index is 205. The number of rotatable bonds is 2. The number of alkyl halides is 1. The predicted molar refractivity (Wildman–Crippen MR) is 46.3 cm³/mol. The third-order valence-corrected chi connectivity index (χ3v) is 3.84. The molecule has 0 heterocycles. The molecule has 12 heavy (non-hydrogen) atoms. The number of halogens is 1. The maximum absolute atomic E-state index is 10.6. The van der Waals surface area contributed by atoms with Crippen LogP contribution in [0.3, 0.4) is 0 Å². The second kappa shape index (κ2) is 2.63. The molecule has 2 aliphatic carbocycles. The number of carboxylic acids is 1. The Balaban J connectivity index is 1.85. The molecule has 1 N–H and O–H groups in total. The van der Waals surface area contributed by atoms with E-state index in [2.05, 4.69) is 0 Å². The minimum Gasteiger partial charge on any atom is -0.480 e. The van der Waals surface area contributed by atoms with Gasteiger partial charge in [-0.3, -0.25) is 4.79 Å². The highest BCUT2D eigenvalue weighted by molar-refractivity contribution is 6.34. The van der Waals surface area contributed by atoms with Crippen molar-refractivity contribution in [1.82, 2.24) is 0 Å². The lowest BCUT2D eigenvalue weighted by atomic mass is 9.62. The lowest BCUT2D eigenvalue weighted by Crippen LogP contribution is -2.49. The summed E-state index contributed by atoms with van der Waals surface area (Å²) in [6.45, 7) is 0. The molecule has 0 aliphatic heterocycles. The SMILES string of the molecule is O=C(O)C1(Cl)CC(C2CCC2)C1. The highest BCUT2D eigenvalue weighted by Crippen LogP contribution is 2.51. The highest BCUT2D eigenvalue weighted by Gasteiger charge is 2.52. The van der Waals surface area contributed by atoms with Crippen LogP contribution in [0.5, 0.6) is 0 Å². The summed E-state index contributed by atoms with van der Waals surface area (Å²) in [5, 5.41) is 8.75. The van der Waals surface area contributed by atoms with Gasteiger partial charge >= 0.3 is 5.97 Å². The Morgan fingerprint density at radius 3 is 2.25 bits per heavy atom. The Kier molecular flexibility index (Phi) is 1.83. The van der Waals surface area contributed by atoms with E-state index in [9.17, 15) is 4.79 Å². The summed E-state index contributed by atoms with van der Waals surface area (Å²) in [5.41, 5.74) is 0. The lowest BCUT2D eigenvalue weighted by molar-refractivity contribution is -0.145. The van der Waals surface area contributed by atoms with Gasteiger partial charge in [0.1, 0.15) is 4.87 Å². The molecule has 2 fully saturated rings. The normalized spacial score (nSPS) is 41.6. The minimum absolute atomic E-state index is 0.604. The monoisotopic (exact) mass is 188 g/mol. The number of hydrogen-bond donors (Lipinski definition) is 1. The van der Waals surface area contributed by atoms with Crippen LogP contribution in [-0.2, 0) is 4.79 Å². The molecule has 2 saturated carbocycles. The molecule has 0 aromatic carbocycles. The molecule has 0 atom stereocenters. The maximum Gasteiger partial charge on any atom is 0.324 e. The first-order valence-corrected chi connectivity index (χ1v) is 4.92. The first-order chi connectivity index (χ1) is 5.62. The quantitative estimate of drug-likeness (QED) is 0.675. The number of carbonyl (C=O) groups is 1. The smallest absolute Gasteiger partial charge is 0.324 e. The van der Waals surface area contributed by atoms with Crippen molar-refractivity contribution in [1.29, 1.82) is 0 Å². The molecule has 0 amide bonds. The van der Waals surface area contributed by atoms with E-state index in [-0.39, 0.29) is 0 Å². The summed E-state index contributed by atoms with van der Waals surface area (Å²) in [6.07, 6.45) is 5.28. The van der Waals surface area contributed by atoms with Gasteiger partial charge in [-0.15, -0.1) is 11.6 Å². The zero-order valence-corrected chi connectivity index (χ0v) is 7.68. The molecule has 2 rings (SSSR count). The summed E-state index contributed by atoms with van der Waals surface area (Å²) in [7, 11) is 0. The lowest BCUT2D eigenvalue weighted by Gasteiger charge is -2.46. The second-order valence-electron chi connectivity index (χ2n) is 4.13. The first kappa shape index (κ1) is 8.36. The summed E-state index contributed by atoms with van der Waals surface area (Å²) in [6, 6.07) is 0. The van der Waals surface area contributed by atoms with Gasteiger partial charge in [-0.1, -0.05) is 19.3 Å². The van der Waals surface area contributed by atoms with Gasteiger partial charge in [0, 0.05) is 0 Å². The van der Waals surface area contributed by atoms with E-state index in [1.165, 1.54) is 19.3 Å². The van der Waals surface area contributed by atoms with Crippen molar-refractivity contribution in [2.75, 3.05) is 0 Å². The van der Waals surface area contributed by atoms with E-state index >= 15 is 0 Å². The molecule has 0 spiro atoms. The van der Waals surface area contributed by atoms with E-state index < -0.39 is 10.8 Å². The topological polar surface area (TPSA) is 37.3 Å². The van der Waals surface area contributed by atoms with Crippen LogP contribution in [0.2, 0.25) is 0 Å². The van der Waals surface area contributed by atoms with E-state index in [0.29, 0.717) is 18.8 Å². The fraction of sp³-hybridized carbons (Fsp3) is 0.889. The van der Waals surface area contributed by atoms with E-state index in [0.717, 1.165) is 5.92 Å². The molecule has 0 aromatic rings. The van der Waals surface area contributed by atoms with Crippen molar-refractivity contribution in [2.45, 2.75) is 37.0 Å². The Morgan fingerprint density at radius 2 is 1.92 bits per heavy atom. The fourth-order valence-corrected chi connectivity index (χ4v) is 2.59. The third kappa shape index (κ3) is 1.13. The summed E-state index contributed by atoms with van der Waals surface area (Å²) in [4.78, 5) is 9.74. The van der Waals surface area contributed by atoms with Crippen LogP contribution in [0, 0.1) is 11.8 Å². The fourth-order valence-electron chi connectivity index (χ4n) is 2.19. The largest absolute Gasteiger partial charge is 0.480 e. The maximum atomic E-state index is 10.6. The van der Waals surface area contributed by atoms with Crippen LogP contribution in [0.25, 0.3) is 0 Å². The number of aliphatic carboxylic acids is 1. The van der Waals surface area contributed by atoms with Crippen molar-refractivity contribution >= 4 is 17.6 Å². The van der Waals surface area contributed by atoms with Crippen LogP contribution in [0.4, 0.5) is 0 Å². The molecule has 3 heteroatoms. The van der Waals surface area contributed by atoms with Crippen molar-refractivity contribution in [3.8, 4) is 0 Å². The molecule has 0 saturated heterocycles. The summed E-state index contributed by atoms with van der Waals surface area (Å²) >= 11 is 5.86. The van der Waals surface area contributed by atoms with Crippen molar-refractivity contribution in [3.63, 3.8) is 0 Å². The van der Waals surface area contributed by atoms with Gasteiger partial charge in [0.25, 0.3) is 0 Å². The van der Waals surface area contributed by atoms with Gasteiger partial charge in [-0.25, -0.2) is 0 Å². The van der Waals surface area contributed by atoms with Gasteiger partial charge in [-0.2, -0.15) is 0 Å². The highest BCUT2D eigenvalue weighted by atomic mass is 35.5. The first-order valence-electron chi connectivity index (χ1n) is 4.54. The molecule has 0 aromatic heterocycles. The second-order valence-corrected chi connectivity index (χ2v) is 4.85. The predicted octanol–water partition coefficient (Wildman–Crippen LogP) is 2.26. The van der Waals surface area contributed by atoms with Crippen LogP contribution in [-0.4, -0.2) is 16.0 Å². The third-order valence-electron chi connectivity index (χ3n) is 3.37. The molecule has 0 bridgehead atoms. The van der Waals surface area contributed by atoms with Gasteiger partial charge in [0.15, 0.2) is 0 Å². The van der Waals surface area contributed by atoms with Gasteiger partial charge < -0.3 is 5.11 Å². The molecule has 0 radical (unpaired) electrons. The molecule has 2 nitrogen and oxygen atoms in total. The van der Waals surface area contributed by atoms with Gasteiger partial charge in [0.2, 0.25) is 0 Å². The number of hydrogen-bond acceptors (Lipinski definition) is 1. The van der Waals surface area contributed by atoms with Crippen LogP contribution >= 0.6 is 11.6 Å². The van der Waals surface area contributed by atoms with E-state index in [1.807, 2.05) is 0 Å². The molecule has 2 aliphatic rings. The average molecular weight is 189 g/mol. The van der Waals surface area contributed by atoms with Crippen molar-refractivity contribution < 1.29 is 9.90 Å². The summed E-state index contributed by atoms with van der Waals surface area (Å²) < 4.78 is 0. The van der Waals surface area contributed by atoms with Crippen molar-refractivity contribution in [2.24, 2.45) is 11.8 Å². The molecular formula is C9H13ClO2. The molecular weight excluding hydrogens is 176 g/mol. The molecule has 0 unspecified atom stereocenters. The van der Waals surface area contributed by atoms with Gasteiger partial charge in [-0.05, 0) is 24.7 Å².